The molecule has 1 N–H and O–H groups in total. The second-order valence-corrected chi connectivity index (χ2v) is 5.43. The van der Waals surface area contributed by atoms with Gasteiger partial charge in [0.05, 0.1) is 6.42 Å². The standard InChI is InChI=1S/C14H14N2O4S/c1-16-13(20)8(7-10(17)18)11(14(16)21-2)12(19)9-5-3-4-6-15-9/h3-6,14H,7H2,1-2H3,(H,17,18)/t14-/m1/s1. The van der Waals surface area contributed by atoms with Crippen molar-refractivity contribution < 1.29 is 19.5 Å². The maximum atomic E-state index is 12.6. The van der Waals surface area contributed by atoms with Crippen molar-refractivity contribution in [3.63, 3.8) is 0 Å². The largest absolute Gasteiger partial charge is 0.481 e. The normalized spacial score (nSPS) is 18.3. The smallest absolute Gasteiger partial charge is 0.308 e. The lowest BCUT2D eigenvalue weighted by molar-refractivity contribution is -0.137. The van der Waals surface area contributed by atoms with Gasteiger partial charge in [-0.2, -0.15) is 0 Å². The van der Waals surface area contributed by atoms with Crippen LogP contribution in [0.4, 0.5) is 0 Å². The highest BCUT2D eigenvalue weighted by Gasteiger charge is 2.40. The van der Waals surface area contributed by atoms with Crippen molar-refractivity contribution in [1.82, 2.24) is 9.88 Å². The van der Waals surface area contributed by atoms with Crippen LogP contribution in [0, 0.1) is 0 Å². The van der Waals surface area contributed by atoms with Crippen LogP contribution in [0.25, 0.3) is 0 Å². The number of nitrogens with zero attached hydrogens (tertiary/aromatic N) is 2. The minimum atomic E-state index is -1.14. The minimum Gasteiger partial charge on any atom is -0.481 e. The second kappa shape index (κ2) is 6.09. The molecule has 0 radical (unpaired) electrons. The van der Waals surface area contributed by atoms with Crippen LogP contribution in [0.3, 0.4) is 0 Å². The molecule has 1 atom stereocenters. The number of ketones is 1. The molecule has 1 aliphatic heterocycles. The first-order valence-corrected chi connectivity index (χ1v) is 7.46. The Labute approximate surface area is 125 Å². The van der Waals surface area contributed by atoms with E-state index < -0.39 is 29.5 Å². The molecule has 2 rings (SSSR count). The van der Waals surface area contributed by atoms with E-state index in [9.17, 15) is 14.4 Å². The lowest BCUT2D eigenvalue weighted by atomic mass is 10.0. The first kappa shape index (κ1) is 15.2. The zero-order chi connectivity index (χ0) is 15.6. The Morgan fingerprint density at radius 2 is 2.14 bits per heavy atom. The van der Waals surface area contributed by atoms with Gasteiger partial charge in [0.1, 0.15) is 11.1 Å². The molecule has 110 valence electrons. The Bertz CT molecular complexity index is 627. The third-order valence-electron chi connectivity index (χ3n) is 3.20. The molecule has 1 aromatic heterocycles. The van der Waals surface area contributed by atoms with Gasteiger partial charge in [-0.15, -0.1) is 11.8 Å². The molecular formula is C14H14N2O4S. The molecule has 7 heteroatoms. The summed E-state index contributed by atoms with van der Waals surface area (Å²) >= 11 is 1.31. The summed E-state index contributed by atoms with van der Waals surface area (Å²) in [5.41, 5.74) is 0.466. The number of carboxylic acid groups (broad SMARTS) is 1. The maximum Gasteiger partial charge on any atom is 0.308 e. The number of hydrogen-bond donors (Lipinski definition) is 1. The monoisotopic (exact) mass is 306 g/mol. The predicted molar refractivity (Wildman–Crippen MR) is 77.9 cm³/mol. The lowest BCUT2D eigenvalue weighted by Gasteiger charge is -2.20. The van der Waals surface area contributed by atoms with Gasteiger partial charge in [0.25, 0.3) is 5.91 Å². The molecule has 0 bridgehead atoms. The average Bonchev–Trinajstić information content (AvgIpc) is 2.71. The minimum absolute atomic E-state index is 0.0417. The number of thioether (sulfide) groups is 1. The number of likely N-dealkylation sites (N-methyl/N-ethyl adjacent to an activating group) is 1. The van der Waals surface area contributed by atoms with Gasteiger partial charge in [-0.25, -0.2) is 0 Å². The van der Waals surface area contributed by atoms with Gasteiger partial charge < -0.3 is 10.0 Å². The van der Waals surface area contributed by atoms with Crippen molar-refractivity contribution in [3.05, 3.63) is 41.2 Å². The predicted octanol–water partition coefficient (Wildman–Crippen LogP) is 1.20. The summed E-state index contributed by atoms with van der Waals surface area (Å²) in [7, 11) is 1.56. The van der Waals surface area contributed by atoms with Crippen LogP contribution in [0.1, 0.15) is 16.9 Å². The van der Waals surface area contributed by atoms with Crippen molar-refractivity contribution in [3.8, 4) is 0 Å². The first-order valence-electron chi connectivity index (χ1n) is 6.18. The van der Waals surface area contributed by atoms with E-state index in [4.69, 9.17) is 5.11 Å². The molecule has 0 saturated heterocycles. The lowest BCUT2D eigenvalue weighted by Crippen LogP contribution is -2.30. The fourth-order valence-corrected chi connectivity index (χ4v) is 3.16. The fourth-order valence-electron chi connectivity index (χ4n) is 2.26. The highest BCUT2D eigenvalue weighted by Crippen LogP contribution is 2.34. The summed E-state index contributed by atoms with van der Waals surface area (Å²) in [6, 6.07) is 4.90. The zero-order valence-corrected chi connectivity index (χ0v) is 12.4. The second-order valence-electron chi connectivity index (χ2n) is 4.51. The van der Waals surface area contributed by atoms with E-state index in [1.807, 2.05) is 0 Å². The number of amides is 1. The number of carbonyl (C=O) groups is 3. The molecule has 21 heavy (non-hydrogen) atoms. The van der Waals surface area contributed by atoms with Gasteiger partial charge in [-0.1, -0.05) is 6.07 Å². The molecule has 2 heterocycles. The molecule has 0 saturated carbocycles. The number of Topliss-reactive ketones (excluding diaryl/α,β-unsaturated/α-hetero) is 1. The van der Waals surface area contributed by atoms with E-state index in [2.05, 4.69) is 4.98 Å². The van der Waals surface area contributed by atoms with Crippen molar-refractivity contribution >= 4 is 29.4 Å². The summed E-state index contributed by atoms with van der Waals surface area (Å²) in [5.74, 6) is -1.96. The number of rotatable bonds is 5. The average molecular weight is 306 g/mol. The SMILES string of the molecule is CS[C@@H]1C(C(=O)c2ccccn2)=C(CC(=O)O)C(=O)N1C. The topological polar surface area (TPSA) is 87.6 Å². The molecule has 1 aromatic rings. The van der Waals surface area contributed by atoms with Crippen LogP contribution in [0.2, 0.25) is 0 Å². The third kappa shape index (κ3) is 2.82. The number of pyridine rings is 1. The van der Waals surface area contributed by atoms with Gasteiger partial charge in [-0.05, 0) is 18.4 Å². The molecule has 0 spiro atoms. The summed E-state index contributed by atoms with van der Waals surface area (Å²) in [6.07, 6.45) is 2.79. The third-order valence-corrected chi connectivity index (χ3v) is 4.19. The Hall–Kier alpha value is -2.15. The van der Waals surface area contributed by atoms with Crippen LogP contribution in [-0.4, -0.2) is 51.3 Å². The quantitative estimate of drug-likeness (QED) is 0.822. The Morgan fingerprint density at radius 1 is 1.43 bits per heavy atom. The molecule has 1 amide bonds. The number of carbonyl (C=O) groups excluding carboxylic acids is 2. The van der Waals surface area contributed by atoms with Gasteiger partial charge in [0.15, 0.2) is 0 Å². The van der Waals surface area contributed by atoms with Crippen molar-refractivity contribution in [2.75, 3.05) is 13.3 Å². The van der Waals surface area contributed by atoms with Gasteiger partial charge in [-0.3, -0.25) is 19.4 Å². The number of aromatic nitrogens is 1. The van der Waals surface area contributed by atoms with Crippen molar-refractivity contribution in [2.24, 2.45) is 0 Å². The molecule has 1 aliphatic rings. The van der Waals surface area contributed by atoms with E-state index in [-0.39, 0.29) is 16.8 Å². The zero-order valence-electron chi connectivity index (χ0n) is 11.6. The molecule has 0 aromatic carbocycles. The summed E-state index contributed by atoms with van der Waals surface area (Å²) < 4.78 is 0. The van der Waals surface area contributed by atoms with Gasteiger partial charge in [0, 0.05) is 24.4 Å². The van der Waals surface area contributed by atoms with Crippen molar-refractivity contribution in [2.45, 2.75) is 11.8 Å². The van der Waals surface area contributed by atoms with Crippen LogP contribution >= 0.6 is 11.8 Å². The summed E-state index contributed by atoms with van der Waals surface area (Å²) in [4.78, 5) is 41.1. The molecular weight excluding hydrogens is 292 g/mol. The van der Waals surface area contributed by atoms with Crippen LogP contribution < -0.4 is 0 Å². The fraction of sp³-hybridized carbons (Fsp3) is 0.286. The van der Waals surface area contributed by atoms with Crippen LogP contribution in [0.15, 0.2) is 35.5 Å². The molecule has 0 unspecified atom stereocenters. The maximum absolute atomic E-state index is 12.6. The van der Waals surface area contributed by atoms with Gasteiger partial charge in [0.2, 0.25) is 5.78 Å². The number of hydrogen-bond acceptors (Lipinski definition) is 5. The Balaban J connectivity index is 2.52. The Morgan fingerprint density at radius 3 is 2.67 bits per heavy atom. The first-order chi connectivity index (χ1) is 9.97. The molecule has 6 nitrogen and oxygen atoms in total. The van der Waals surface area contributed by atoms with E-state index >= 15 is 0 Å². The summed E-state index contributed by atoms with van der Waals surface area (Å²) in [6.45, 7) is 0. The van der Waals surface area contributed by atoms with Gasteiger partial charge >= 0.3 is 5.97 Å². The van der Waals surface area contributed by atoms with E-state index in [0.29, 0.717) is 0 Å². The van der Waals surface area contributed by atoms with Crippen LogP contribution in [-0.2, 0) is 9.59 Å². The Kier molecular flexibility index (Phi) is 4.42. The highest BCUT2D eigenvalue weighted by molar-refractivity contribution is 7.99. The number of aliphatic carboxylic acids is 1. The summed E-state index contributed by atoms with van der Waals surface area (Å²) in [5, 5.41) is 8.48. The molecule has 0 fully saturated rings. The van der Waals surface area contributed by atoms with Crippen LogP contribution in [0.5, 0.6) is 0 Å². The molecule has 0 aliphatic carbocycles. The number of carboxylic acids is 1. The van der Waals surface area contributed by atoms with E-state index in [1.54, 1.807) is 31.5 Å². The van der Waals surface area contributed by atoms with E-state index in [1.165, 1.54) is 22.9 Å². The van der Waals surface area contributed by atoms with Crippen molar-refractivity contribution in [1.29, 1.82) is 0 Å². The highest BCUT2D eigenvalue weighted by atomic mass is 32.2. The van der Waals surface area contributed by atoms with E-state index in [0.717, 1.165) is 0 Å².